The van der Waals surface area contributed by atoms with Crippen LogP contribution in [0, 0.1) is 0 Å². The molecule has 4 heteroatoms. The number of hydrogen-bond acceptors (Lipinski definition) is 3. The highest BCUT2D eigenvalue weighted by atomic mass is 35.5. The first-order valence-corrected chi connectivity index (χ1v) is 8.80. The van der Waals surface area contributed by atoms with E-state index >= 15 is 0 Å². The summed E-state index contributed by atoms with van der Waals surface area (Å²) in [4.78, 5) is 7.06. The van der Waals surface area contributed by atoms with Crippen LogP contribution in [0.3, 0.4) is 0 Å². The Labute approximate surface area is 130 Å². The lowest BCUT2D eigenvalue weighted by atomic mass is 10.1. The molecule has 0 amide bonds. The molecule has 0 radical (unpaired) electrons. The third kappa shape index (κ3) is 3.21. The van der Waals surface area contributed by atoms with Gasteiger partial charge in [0.2, 0.25) is 0 Å². The van der Waals surface area contributed by atoms with Crippen LogP contribution in [0.25, 0.3) is 10.8 Å². The second-order valence-corrected chi connectivity index (χ2v) is 6.10. The normalized spacial score (nSPS) is 12.6. The van der Waals surface area contributed by atoms with Crippen LogP contribution in [0.15, 0.2) is 30.3 Å². The molecular formula is C16H21ClN2S. The minimum Gasteiger partial charge on any atom is -0.355 e. The zero-order chi connectivity index (χ0) is 14.5. The van der Waals surface area contributed by atoms with Gasteiger partial charge in [-0.05, 0) is 24.1 Å². The third-order valence-corrected chi connectivity index (χ3v) is 4.61. The third-order valence-electron chi connectivity index (χ3n) is 3.62. The van der Waals surface area contributed by atoms with Crippen molar-refractivity contribution < 1.29 is 0 Å². The fourth-order valence-electron chi connectivity index (χ4n) is 2.44. The van der Waals surface area contributed by atoms with Gasteiger partial charge in [0.1, 0.15) is 5.82 Å². The van der Waals surface area contributed by atoms with Crippen molar-refractivity contribution in [3.8, 4) is 0 Å². The Kier molecular flexibility index (Phi) is 5.55. The van der Waals surface area contributed by atoms with E-state index in [1.165, 1.54) is 10.8 Å². The van der Waals surface area contributed by atoms with Gasteiger partial charge in [0.05, 0.1) is 11.6 Å². The molecule has 0 fully saturated rings. The van der Waals surface area contributed by atoms with Gasteiger partial charge >= 0.3 is 0 Å². The van der Waals surface area contributed by atoms with Gasteiger partial charge in [0, 0.05) is 24.2 Å². The molecule has 0 aliphatic rings. The summed E-state index contributed by atoms with van der Waals surface area (Å²) in [7, 11) is 2.14. The summed E-state index contributed by atoms with van der Waals surface area (Å²) < 4.78 is 0. The number of nitrogens with zero attached hydrogens (tertiary/aromatic N) is 2. The Hall–Kier alpha value is -0.930. The Balaban J connectivity index is 2.50. The second kappa shape index (κ2) is 7.19. The van der Waals surface area contributed by atoms with E-state index < -0.39 is 0 Å². The highest BCUT2D eigenvalue weighted by molar-refractivity contribution is 7.98. The maximum Gasteiger partial charge on any atom is 0.136 e. The number of benzene rings is 1. The van der Waals surface area contributed by atoms with Gasteiger partial charge < -0.3 is 4.90 Å². The zero-order valence-electron chi connectivity index (χ0n) is 12.3. The van der Waals surface area contributed by atoms with E-state index in [1.807, 2.05) is 11.8 Å². The van der Waals surface area contributed by atoms with Crippen LogP contribution in [0.1, 0.15) is 19.0 Å². The molecule has 108 valence electrons. The van der Waals surface area contributed by atoms with Crippen LogP contribution in [0.4, 0.5) is 5.82 Å². The molecule has 1 unspecified atom stereocenters. The van der Waals surface area contributed by atoms with E-state index in [-0.39, 0.29) is 0 Å². The predicted molar refractivity (Wildman–Crippen MR) is 92.2 cm³/mol. The van der Waals surface area contributed by atoms with Crippen molar-refractivity contribution in [2.24, 2.45) is 0 Å². The number of thioether (sulfide) groups is 1. The average Bonchev–Trinajstić information content (AvgIpc) is 2.50. The number of aromatic nitrogens is 1. The molecule has 2 rings (SSSR count). The van der Waals surface area contributed by atoms with E-state index in [0.29, 0.717) is 11.9 Å². The number of rotatable bonds is 6. The molecule has 0 bridgehead atoms. The molecule has 0 N–H and O–H groups in total. The fourth-order valence-corrected chi connectivity index (χ4v) is 3.42. The first kappa shape index (κ1) is 15.5. The highest BCUT2D eigenvalue weighted by Gasteiger charge is 2.17. The van der Waals surface area contributed by atoms with E-state index in [1.54, 1.807) is 0 Å². The lowest BCUT2D eigenvalue weighted by Crippen LogP contribution is -2.34. The first-order valence-electron chi connectivity index (χ1n) is 6.87. The summed E-state index contributed by atoms with van der Waals surface area (Å²) in [6, 6.07) is 11.0. The maximum absolute atomic E-state index is 5.99. The summed E-state index contributed by atoms with van der Waals surface area (Å²) in [6.07, 6.45) is 3.26. The summed E-state index contributed by atoms with van der Waals surface area (Å²) >= 11 is 7.87. The van der Waals surface area contributed by atoms with Gasteiger partial charge in [-0.2, -0.15) is 11.8 Å². The molecule has 1 atom stereocenters. The average molecular weight is 309 g/mol. The number of halogens is 1. The highest BCUT2D eigenvalue weighted by Crippen LogP contribution is 2.28. The quantitative estimate of drug-likeness (QED) is 0.728. The van der Waals surface area contributed by atoms with Crippen molar-refractivity contribution >= 4 is 40.0 Å². The minimum atomic E-state index is 0.449. The van der Waals surface area contributed by atoms with Crippen LogP contribution in [0.5, 0.6) is 0 Å². The van der Waals surface area contributed by atoms with E-state index in [4.69, 9.17) is 16.6 Å². The van der Waals surface area contributed by atoms with Gasteiger partial charge in [-0.1, -0.05) is 31.2 Å². The summed E-state index contributed by atoms with van der Waals surface area (Å²) in [5, 5.41) is 2.41. The van der Waals surface area contributed by atoms with Gasteiger partial charge in [-0.25, -0.2) is 4.98 Å². The number of fused-ring (bicyclic) bond motifs is 1. The van der Waals surface area contributed by atoms with E-state index in [2.05, 4.69) is 55.5 Å². The van der Waals surface area contributed by atoms with Crippen LogP contribution < -0.4 is 4.90 Å². The Morgan fingerprint density at radius 2 is 2.10 bits per heavy atom. The second-order valence-electron chi connectivity index (χ2n) is 4.92. The zero-order valence-corrected chi connectivity index (χ0v) is 13.8. The fraction of sp³-hybridized carbons (Fsp3) is 0.438. The van der Waals surface area contributed by atoms with Gasteiger partial charge in [-0.3, -0.25) is 0 Å². The molecule has 2 aromatic rings. The SMILES string of the molecule is CCC(CSC)N(C)c1nc(CCl)cc2ccccc12. The summed E-state index contributed by atoms with van der Waals surface area (Å²) in [5.74, 6) is 2.60. The van der Waals surface area contributed by atoms with Crippen molar-refractivity contribution in [2.45, 2.75) is 25.3 Å². The molecule has 0 saturated heterocycles. The molecule has 0 aliphatic carbocycles. The molecule has 0 saturated carbocycles. The van der Waals surface area contributed by atoms with Crippen molar-refractivity contribution in [3.63, 3.8) is 0 Å². The summed E-state index contributed by atoms with van der Waals surface area (Å²) in [5.41, 5.74) is 0.936. The largest absolute Gasteiger partial charge is 0.355 e. The summed E-state index contributed by atoms with van der Waals surface area (Å²) in [6.45, 7) is 2.23. The van der Waals surface area contributed by atoms with E-state index in [9.17, 15) is 0 Å². The first-order chi connectivity index (χ1) is 9.71. The molecule has 2 nitrogen and oxygen atoms in total. The van der Waals surface area contributed by atoms with E-state index in [0.717, 1.165) is 23.7 Å². The lowest BCUT2D eigenvalue weighted by Gasteiger charge is -2.29. The van der Waals surface area contributed by atoms with Crippen LogP contribution in [0.2, 0.25) is 0 Å². The molecule has 0 aliphatic heterocycles. The molecule has 1 aromatic heterocycles. The smallest absolute Gasteiger partial charge is 0.136 e. The van der Waals surface area contributed by atoms with Crippen LogP contribution in [-0.2, 0) is 5.88 Å². The number of pyridine rings is 1. The van der Waals surface area contributed by atoms with Crippen LogP contribution in [-0.4, -0.2) is 30.1 Å². The number of anilines is 1. The standard InChI is InChI=1S/C16H21ClN2S/c1-4-14(11-20-3)19(2)16-15-8-6-5-7-12(15)9-13(10-17)18-16/h5-9,14H,4,10-11H2,1-3H3. The minimum absolute atomic E-state index is 0.449. The van der Waals surface area contributed by atoms with Gasteiger partial charge in [0.15, 0.2) is 0 Å². The van der Waals surface area contributed by atoms with Crippen molar-refractivity contribution in [1.82, 2.24) is 4.98 Å². The number of hydrogen-bond donors (Lipinski definition) is 0. The van der Waals surface area contributed by atoms with Crippen molar-refractivity contribution in [1.29, 1.82) is 0 Å². The predicted octanol–water partition coefficient (Wildman–Crippen LogP) is 4.55. The molecule has 1 heterocycles. The maximum atomic E-state index is 5.99. The Morgan fingerprint density at radius 3 is 2.75 bits per heavy atom. The van der Waals surface area contributed by atoms with Crippen LogP contribution >= 0.6 is 23.4 Å². The van der Waals surface area contributed by atoms with Crippen molar-refractivity contribution in [3.05, 3.63) is 36.0 Å². The molecule has 1 aromatic carbocycles. The lowest BCUT2D eigenvalue weighted by molar-refractivity contribution is 0.667. The van der Waals surface area contributed by atoms with Gasteiger partial charge in [-0.15, -0.1) is 11.6 Å². The Bertz CT molecular complexity index is 573. The molecule has 20 heavy (non-hydrogen) atoms. The van der Waals surface area contributed by atoms with Gasteiger partial charge in [0.25, 0.3) is 0 Å². The monoisotopic (exact) mass is 308 g/mol. The molecular weight excluding hydrogens is 288 g/mol. The Morgan fingerprint density at radius 1 is 1.35 bits per heavy atom. The number of alkyl halides is 1. The topological polar surface area (TPSA) is 16.1 Å². The molecule has 0 spiro atoms. The van der Waals surface area contributed by atoms with Crippen molar-refractivity contribution in [2.75, 3.05) is 24.0 Å².